The van der Waals surface area contributed by atoms with Crippen molar-refractivity contribution in [3.63, 3.8) is 0 Å². The highest BCUT2D eigenvalue weighted by atomic mass is 32.2. The second-order valence-electron chi connectivity index (χ2n) is 4.77. The Morgan fingerprint density at radius 2 is 1.92 bits per heavy atom. The van der Waals surface area contributed by atoms with Gasteiger partial charge in [0.05, 0.1) is 0 Å². The molecule has 0 N–H and O–H groups in total. The van der Waals surface area contributed by atoms with Crippen LogP contribution in [0.2, 0.25) is 0 Å². The Morgan fingerprint density at radius 1 is 1.33 bits per heavy atom. The van der Waals surface area contributed by atoms with Crippen molar-refractivity contribution in [3.8, 4) is 0 Å². The molecule has 0 aromatic heterocycles. The van der Waals surface area contributed by atoms with Crippen molar-refractivity contribution in [2.45, 2.75) is 40.5 Å². The fourth-order valence-corrected chi connectivity index (χ4v) is 2.31. The summed E-state index contributed by atoms with van der Waals surface area (Å²) in [5.41, 5.74) is 0.495. The molecular formula is C11H23S. The summed E-state index contributed by atoms with van der Waals surface area (Å²) >= 11 is 1.95. The Labute approximate surface area is 82.5 Å². The maximum absolute atomic E-state index is 3.82. The van der Waals surface area contributed by atoms with Crippen LogP contribution in [-0.2, 0) is 0 Å². The third kappa shape index (κ3) is 8.45. The second kappa shape index (κ2) is 5.90. The molecule has 0 bridgehead atoms. The van der Waals surface area contributed by atoms with Gasteiger partial charge in [-0.25, -0.2) is 0 Å². The molecule has 1 radical (unpaired) electrons. The quantitative estimate of drug-likeness (QED) is 0.586. The van der Waals surface area contributed by atoms with Crippen molar-refractivity contribution in [3.05, 3.63) is 6.92 Å². The van der Waals surface area contributed by atoms with E-state index in [0.717, 1.165) is 11.7 Å². The molecule has 12 heavy (non-hydrogen) atoms. The molecule has 0 saturated heterocycles. The lowest BCUT2D eigenvalue weighted by atomic mass is 9.84. The standard InChI is InChI=1S/C11H23S/c1-6-12-8-7-10(2)9-11(3,4)5/h10H,1,6-9H2,2-5H3. The minimum atomic E-state index is 0.495. The zero-order valence-electron chi connectivity index (χ0n) is 9.02. The normalized spacial score (nSPS) is 14.8. The molecule has 1 heteroatoms. The zero-order valence-corrected chi connectivity index (χ0v) is 9.84. The van der Waals surface area contributed by atoms with Crippen LogP contribution >= 0.6 is 11.8 Å². The lowest BCUT2D eigenvalue weighted by molar-refractivity contribution is 0.303. The van der Waals surface area contributed by atoms with Gasteiger partial charge in [-0.15, -0.1) is 0 Å². The van der Waals surface area contributed by atoms with Crippen molar-refractivity contribution in [2.24, 2.45) is 11.3 Å². The first kappa shape index (κ1) is 12.3. The van der Waals surface area contributed by atoms with E-state index in [9.17, 15) is 0 Å². The van der Waals surface area contributed by atoms with Crippen LogP contribution in [-0.4, -0.2) is 11.5 Å². The van der Waals surface area contributed by atoms with Gasteiger partial charge in [0.1, 0.15) is 0 Å². The van der Waals surface area contributed by atoms with E-state index < -0.39 is 0 Å². The molecule has 0 aliphatic heterocycles. The average Bonchev–Trinajstić information content (AvgIpc) is 1.84. The van der Waals surface area contributed by atoms with Crippen LogP contribution in [0.3, 0.4) is 0 Å². The first-order valence-electron chi connectivity index (χ1n) is 4.82. The van der Waals surface area contributed by atoms with E-state index in [4.69, 9.17) is 0 Å². The second-order valence-corrected chi connectivity index (χ2v) is 6.00. The number of rotatable bonds is 5. The minimum absolute atomic E-state index is 0.495. The van der Waals surface area contributed by atoms with Crippen molar-refractivity contribution in [2.75, 3.05) is 11.5 Å². The van der Waals surface area contributed by atoms with Crippen molar-refractivity contribution in [1.29, 1.82) is 0 Å². The molecule has 0 spiro atoms. The van der Waals surface area contributed by atoms with Crippen molar-refractivity contribution in [1.82, 2.24) is 0 Å². The summed E-state index contributed by atoms with van der Waals surface area (Å²) in [6.45, 7) is 13.1. The van der Waals surface area contributed by atoms with Gasteiger partial charge in [0, 0.05) is 0 Å². The van der Waals surface area contributed by atoms with Crippen molar-refractivity contribution >= 4 is 11.8 Å². The zero-order chi connectivity index (χ0) is 9.61. The van der Waals surface area contributed by atoms with Crippen LogP contribution in [0.25, 0.3) is 0 Å². The lowest BCUT2D eigenvalue weighted by Crippen LogP contribution is -2.11. The Kier molecular flexibility index (Phi) is 6.08. The Balaban J connectivity index is 3.40. The van der Waals surface area contributed by atoms with Crippen LogP contribution in [0, 0.1) is 18.3 Å². The van der Waals surface area contributed by atoms with E-state index in [2.05, 4.69) is 34.6 Å². The molecule has 0 heterocycles. The van der Waals surface area contributed by atoms with Crippen LogP contribution in [0.5, 0.6) is 0 Å². The number of hydrogen-bond donors (Lipinski definition) is 0. The van der Waals surface area contributed by atoms with Crippen LogP contribution in [0.4, 0.5) is 0 Å². The summed E-state index contributed by atoms with van der Waals surface area (Å²) in [5.74, 6) is 3.16. The highest BCUT2D eigenvalue weighted by Gasteiger charge is 2.14. The average molecular weight is 187 g/mol. The van der Waals surface area contributed by atoms with E-state index in [-0.39, 0.29) is 0 Å². The Bertz CT molecular complexity index is 102. The molecule has 1 atom stereocenters. The van der Waals surface area contributed by atoms with E-state index in [1.807, 2.05) is 11.8 Å². The molecule has 0 nitrogen and oxygen atoms in total. The van der Waals surface area contributed by atoms with E-state index in [0.29, 0.717) is 5.41 Å². The summed E-state index contributed by atoms with van der Waals surface area (Å²) in [6, 6.07) is 0. The van der Waals surface area contributed by atoms with Gasteiger partial charge in [0.15, 0.2) is 0 Å². The summed E-state index contributed by atoms with van der Waals surface area (Å²) < 4.78 is 0. The van der Waals surface area contributed by atoms with Gasteiger partial charge in [-0.2, -0.15) is 11.8 Å². The first-order chi connectivity index (χ1) is 5.45. The number of hydrogen-bond acceptors (Lipinski definition) is 1. The van der Waals surface area contributed by atoms with E-state index in [1.165, 1.54) is 18.6 Å². The monoisotopic (exact) mass is 187 g/mol. The minimum Gasteiger partial charge on any atom is -0.162 e. The van der Waals surface area contributed by atoms with Gasteiger partial charge in [-0.05, 0) is 42.6 Å². The maximum Gasteiger partial charge on any atom is -0.00650 e. The van der Waals surface area contributed by atoms with Gasteiger partial charge < -0.3 is 0 Å². The van der Waals surface area contributed by atoms with Gasteiger partial charge in [0.2, 0.25) is 0 Å². The predicted octanol–water partition coefficient (Wildman–Crippen LogP) is 4.02. The molecule has 0 aliphatic carbocycles. The van der Waals surface area contributed by atoms with Gasteiger partial charge in [-0.3, -0.25) is 0 Å². The fourth-order valence-electron chi connectivity index (χ4n) is 1.53. The summed E-state index contributed by atoms with van der Waals surface area (Å²) in [6.07, 6.45) is 2.68. The molecular weight excluding hydrogens is 164 g/mol. The molecule has 1 unspecified atom stereocenters. The van der Waals surface area contributed by atoms with Crippen LogP contribution < -0.4 is 0 Å². The molecule has 0 fully saturated rings. The third-order valence-electron chi connectivity index (χ3n) is 1.86. The topological polar surface area (TPSA) is 0 Å². The highest BCUT2D eigenvalue weighted by Crippen LogP contribution is 2.26. The maximum atomic E-state index is 3.82. The molecule has 0 aromatic carbocycles. The Morgan fingerprint density at radius 3 is 2.33 bits per heavy atom. The lowest BCUT2D eigenvalue weighted by Gasteiger charge is -2.22. The van der Waals surface area contributed by atoms with Crippen molar-refractivity contribution < 1.29 is 0 Å². The summed E-state index contributed by atoms with van der Waals surface area (Å²) in [4.78, 5) is 0. The fraction of sp³-hybridized carbons (Fsp3) is 0.909. The van der Waals surface area contributed by atoms with E-state index >= 15 is 0 Å². The summed E-state index contributed by atoms with van der Waals surface area (Å²) in [5, 5.41) is 0. The largest absolute Gasteiger partial charge is 0.162 e. The third-order valence-corrected chi connectivity index (χ3v) is 2.67. The van der Waals surface area contributed by atoms with Crippen LogP contribution in [0.1, 0.15) is 40.5 Å². The summed E-state index contributed by atoms with van der Waals surface area (Å²) in [7, 11) is 0. The smallest absolute Gasteiger partial charge is 0.00650 e. The van der Waals surface area contributed by atoms with Gasteiger partial charge in [0.25, 0.3) is 0 Å². The molecule has 0 amide bonds. The molecule has 0 aromatic rings. The van der Waals surface area contributed by atoms with Gasteiger partial charge >= 0.3 is 0 Å². The SMILES string of the molecule is [CH2]CSCCC(C)CC(C)(C)C. The molecule has 0 saturated carbocycles. The number of thioether (sulfide) groups is 1. The molecule has 0 rings (SSSR count). The molecule has 0 aliphatic rings. The first-order valence-corrected chi connectivity index (χ1v) is 5.98. The molecule has 73 valence electrons. The van der Waals surface area contributed by atoms with Gasteiger partial charge in [-0.1, -0.05) is 27.7 Å². The highest BCUT2D eigenvalue weighted by molar-refractivity contribution is 7.99. The predicted molar refractivity (Wildman–Crippen MR) is 60.5 cm³/mol. The Hall–Kier alpha value is 0.350. The van der Waals surface area contributed by atoms with Crippen LogP contribution in [0.15, 0.2) is 0 Å². The van der Waals surface area contributed by atoms with E-state index in [1.54, 1.807) is 0 Å².